The maximum Gasteiger partial charge on any atom is 0.0638 e. The van der Waals surface area contributed by atoms with Crippen LogP contribution in [0.15, 0.2) is 0 Å². The van der Waals surface area contributed by atoms with Crippen LogP contribution in [-0.4, -0.2) is 36.6 Å². The van der Waals surface area contributed by atoms with E-state index in [1.807, 2.05) is 0 Å². The van der Waals surface area contributed by atoms with Gasteiger partial charge in [0.1, 0.15) is 0 Å². The molecule has 15 heavy (non-hydrogen) atoms. The van der Waals surface area contributed by atoms with Gasteiger partial charge in [-0.2, -0.15) is 5.26 Å². The molecule has 1 N–H and O–H groups in total. The number of rotatable bonds is 4. The Labute approximate surface area is 93.5 Å². The lowest BCUT2D eigenvalue weighted by Gasteiger charge is -2.27. The SMILES string of the molecule is CCCCN1CCC(C)NCC1CC#N. The normalized spacial score (nSPS) is 28.3. The van der Waals surface area contributed by atoms with Crippen LogP contribution in [0.25, 0.3) is 0 Å². The Kier molecular flexibility index (Phi) is 5.67. The molecule has 0 radical (unpaired) electrons. The van der Waals surface area contributed by atoms with Gasteiger partial charge in [-0.05, 0) is 32.9 Å². The molecule has 2 unspecified atom stereocenters. The van der Waals surface area contributed by atoms with Crippen LogP contribution in [0.2, 0.25) is 0 Å². The fraction of sp³-hybridized carbons (Fsp3) is 0.917. The molecule has 1 heterocycles. The van der Waals surface area contributed by atoms with Crippen LogP contribution in [0.1, 0.15) is 39.5 Å². The van der Waals surface area contributed by atoms with Crippen molar-refractivity contribution in [2.75, 3.05) is 19.6 Å². The summed E-state index contributed by atoms with van der Waals surface area (Å²) in [4.78, 5) is 2.49. The lowest BCUT2D eigenvalue weighted by Crippen LogP contribution is -2.40. The third-order valence-corrected chi connectivity index (χ3v) is 3.19. The lowest BCUT2D eigenvalue weighted by atomic mass is 10.1. The Morgan fingerprint density at radius 1 is 1.53 bits per heavy atom. The molecule has 0 amide bonds. The second kappa shape index (κ2) is 6.81. The number of unbranched alkanes of at least 4 members (excludes halogenated alkanes) is 1. The van der Waals surface area contributed by atoms with Gasteiger partial charge in [-0.15, -0.1) is 0 Å². The predicted octanol–water partition coefficient (Wildman–Crippen LogP) is 1.75. The van der Waals surface area contributed by atoms with Gasteiger partial charge < -0.3 is 5.32 Å². The van der Waals surface area contributed by atoms with E-state index in [2.05, 4.69) is 30.1 Å². The van der Waals surface area contributed by atoms with Gasteiger partial charge in [0.05, 0.1) is 12.5 Å². The molecule has 0 saturated carbocycles. The van der Waals surface area contributed by atoms with Gasteiger partial charge in [0, 0.05) is 18.6 Å². The summed E-state index contributed by atoms with van der Waals surface area (Å²) in [5, 5.41) is 12.3. The fourth-order valence-electron chi connectivity index (χ4n) is 2.07. The van der Waals surface area contributed by atoms with E-state index in [1.165, 1.54) is 19.3 Å². The minimum atomic E-state index is 0.423. The molecule has 0 aromatic rings. The molecule has 1 saturated heterocycles. The molecule has 0 bridgehead atoms. The highest BCUT2D eigenvalue weighted by Gasteiger charge is 2.22. The molecule has 0 aromatic heterocycles. The largest absolute Gasteiger partial charge is 0.313 e. The molecule has 0 aliphatic carbocycles. The van der Waals surface area contributed by atoms with Crippen LogP contribution in [0, 0.1) is 11.3 Å². The zero-order valence-electron chi connectivity index (χ0n) is 10.00. The molecule has 3 heteroatoms. The standard InChI is InChI=1S/C12H23N3/c1-3-4-8-15-9-6-11(2)14-10-12(15)5-7-13/h11-12,14H,3-6,8-10H2,1-2H3. The van der Waals surface area contributed by atoms with Crippen molar-refractivity contribution < 1.29 is 0 Å². The van der Waals surface area contributed by atoms with E-state index in [-0.39, 0.29) is 0 Å². The molecular formula is C12H23N3. The van der Waals surface area contributed by atoms with Crippen LogP contribution in [0.3, 0.4) is 0 Å². The monoisotopic (exact) mass is 209 g/mol. The fourth-order valence-corrected chi connectivity index (χ4v) is 2.07. The Morgan fingerprint density at radius 2 is 2.33 bits per heavy atom. The minimum Gasteiger partial charge on any atom is -0.313 e. The second-order valence-electron chi connectivity index (χ2n) is 4.50. The first kappa shape index (κ1) is 12.5. The molecule has 1 aliphatic rings. The molecule has 3 nitrogen and oxygen atoms in total. The van der Waals surface area contributed by atoms with Gasteiger partial charge in [0.2, 0.25) is 0 Å². The van der Waals surface area contributed by atoms with Gasteiger partial charge in [-0.3, -0.25) is 4.90 Å². The van der Waals surface area contributed by atoms with Crippen LogP contribution in [-0.2, 0) is 0 Å². The summed E-state index contributed by atoms with van der Waals surface area (Å²) in [6, 6.07) is 3.32. The van der Waals surface area contributed by atoms with Crippen molar-refractivity contribution in [2.24, 2.45) is 0 Å². The molecule has 86 valence electrons. The van der Waals surface area contributed by atoms with E-state index >= 15 is 0 Å². The first-order valence-electron chi connectivity index (χ1n) is 6.12. The summed E-state index contributed by atoms with van der Waals surface area (Å²) in [7, 11) is 0. The summed E-state index contributed by atoms with van der Waals surface area (Å²) < 4.78 is 0. The van der Waals surface area contributed by atoms with Crippen LogP contribution in [0.4, 0.5) is 0 Å². The molecule has 0 aromatic carbocycles. The van der Waals surface area contributed by atoms with Crippen LogP contribution < -0.4 is 5.32 Å². The molecular weight excluding hydrogens is 186 g/mol. The lowest BCUT2D eigenvalue weighted by molar-refractivity contribution is 0.208. The van der Waals surface area contributed by atoms with Crippen molar-refractivity contribution in [2.45, 2.75) is 51.6 Å². The minimum absolute atomic E-state index is 0.423. The molecule has 1 rings (SSSR count). The Morgan fingerprint density at radius 3 is 3.00 bits per heavy atom. The van der Waals surface area contributed by atoms with Crippen molar-refractivity contribution in [1.29, 1.82) is 5.26 Å². The summed E-state index contributed by atoms with van der Waals surface area (Å²) >= 11 is 0. The van der Waals surface area contributed by atoms with E-state index in [1.54, 1.807) is 0 Å². The highest BCUT2D eigenvalue weighted by molar-refractivity contribution is 4.87. The Bertz CT molecular complexity index is 209. The molecule has 2 atom stereocenters. The highest BCUT2D eigenvalue weighted by Crippen LogP contribution is 2.11. The van der Waals surface area contributed by atoms with Crippen molar-refractivity contribution in [1.82, 2.24) is 10.2 Å². The van der Waals surface area contributed by atoms with Gasteiger partial charge >= 0.3 is 0 Å². The first-order chi connectivity index (χ1) is 7.27. The second-order valence-corrected chi connectivity index (χ2v) is 4.50. The summed E-state index contributed by atoms with van der Waals surface area (Å²) in [6.45, 7) is 7.71. The number of hydrogen-bond donors (Lipinski definition) is 1. The van der Waals surface area contributed by atoms with Crippen molar-refractivity contribution >= 4 is 0 Å². The molecule has 1 fully saturated rings. The summed E-state index contributed by atoms with van der Waals surface area (Å²) in [5.41, 5.74) is 0. The summed E-state index contributed by atoms with van der Waals surface area (Å²) in [6.07, 6.45) is 4.34. The zero-order chi connectivity index (χ0) is 11.1. The quantitative estimate of drug-likeness (QED) is 0.766. The smallest absolute Gasteiger partial charge is 0.0638 e. The predicted molar refractivity (Wildman–Crippen MR) is 62.6 cm³/mol. The zero-order valence-corrected chi connectivity index (χ0v) is 10.00. The molecule has 0 spiro atoms. The van der Waals surface area contributed by atoms with E-state index < -0.39 is 0 Å². The van der Waals surface area contributed by atoms with Gasteiger partial charge in [-0.25, -0.2) is 0 Å². The number of nitrogens with one attached hydrogen (secondary N) is 1. The third kappa shape index (κ3) is 4.19. The summed E-state index contributed by atoms with van der Waals surface area (Å²) in [5.74, 6) is 0. The van der Waals surface area contributed by atoms with Crippen molar-refractivity contribution in [3.8, 4) is 6.07 Å². The van der Waals surface area contributed by atoms with Gasteiger partial charge in [0.25, 0.3) is 0 Å². The van der Waals surface area contributed by atoms with E-state index in [0.717, 1.165) is 19.6 Å². The van der Waals surface area contributed by atoms with Gasteiger partial charge in [-0.1, -0.05) is 13.3 Å². The molecule has 1 aliphatic heterocycles. The number of nitrogens with zero attached hydrogens (tertiary/aromatic N) is 2. The maximum atomic E-state index is 8.81. The van der Waals surface area contributed by atoms with Crippen LogP contribution in [0.5, 0.6) is 0 Å². The van der Waals surface area contributed by atoms with E-state index in [4.69, 9.17) is 5.26 Å². The third-order valence-electron chi connectivity index (χ3n) is 3.19. The number of nitriles is 1. The number of hydrogen-bond acceptors (Lipinski definition) is 3. The Hall–Kier alpha value is -0.590. The first-order valence-corrected chi connectivity index (χ1v) is 6.12. The topological polar surface area (TPSA) is 39.1 Å². The van der Waals surface area contributed by atoms with E-state index in [9.17, 15) is 0 Å². The van der Waals surface area contributed by atoms with Crippen LogP contribution >= 0.6 is 0 Å². The van der Waals surface area contributed by atoms with Gasteiger partial charge in [0.15, 0.2) is 0 Å². The maximum absolute atomic E-state index is 8.81. The van der Waals surface area contributed by atoms with Crippen molar-refractivity contribution in [3.63, 3.8) is 0 Å². The highest BCUT2D eigenvalue weighted by atomic mass is 15.2. The van der Waals surface area contributed by atoms with E-state index in [0.29, 0.717) is 18.5 Å². The average molecular weight is 209 g/mol. The average Bonchev–Trinajstić information content (AvgIpc) is 2.40. The van der Waals surface area contributed by atoms with Crippen molar-refractivity contribution in [3.05, 3.63) is 0 Å². The Balaban J connectivity index is 2.48.